The Morgan fingerprint density at radius 1 is 1.06 bits per heavy atom. The minimum atomic E-state index is -1.35. The Morgan fingerprint density at radius 3 is 2.38 bits per heavy atom. The molecule has 0 radical (unpaired) electrons. The summed E-state index contributed by atoms with van der Waals surface area (Å²) in [6.45, 7) is 0. The number of amides is 3. The molecule has 3 aromatic rings. The van der Waals surface area contributed by atoms with E-state index < -0.39 is 29.7 Å². The fourth-order valence-corrected chi connectivity index (χ4v) is 4.05. The second kappa shape index (κ2) is 8.64. The van der Waals surface area contributed by atoms with Gasteiger partial charge in [0.05, 0.1) is 11.1 Å². The van der Waals surface area contributed by atoms with Crippen LogP contribution in [0.25, 0.3) is 10.9 Å². The van der Waals surface area contributed by atoms with E-state index in [0.717, 1.165) is 21.4 Å². The maximum Gasteiger partial charge on any atom is 0.327 e. The van der Waals surface area contributed by atoms with E-state index in [2.05, 4.69) is 4.98 Å². The van der Waals surface area contributed by atoms with Gasteiger partial charge in [0, 0.05) is 29.9 Å². The van der Waals surface area contributed by atoms with Gasteiger partial charge in [-0.3, -0.25) is 24.5 Å². The summed E-state index contributed by atoms with van der Waals surface area (Å²) in [6.07, 6.45) is 2.94. The molecule has 1 aliphatic rings. The molecule has 1 aliphatic heterocycles. The van der Waals surface area contributed by atoms with Crippen LogP contribution in [0.4, 0.5) is 0 Å². The van der Waals surface area contributed by atoms with E-state index in [1.54, 1.807) is 23.8 Å². The molecule has 0 saturated heterocycles. The van der Waals surface area contributed by atoms with Gasteiger partial charge in [0.1, 0.15) is 6.04 Å². The predicted octanol–water partition coefficient (Wildman–Crippen LogP) is 2.29. The molecule has 9 heteroatoms. The van der Waals surface area contributed by atoms with E-state index in [1.165, 1.54) is 12.1 Å². The average molecular weight is 435 g/mol. The zero-order valence-corrected chi connectivity index (χ0v) is 17.0. The van der Waals surface area contributed by atoms with Crippen LogP contribution in [0.15, 0.2) is 48.7 Å². The van der Waals surface area contributed by atoms with E-state index in [1.807, 2.05) is 18.2 Å². The Kier molecular flexibility index (Phi) is 5.74. The van der Waals surface area contributed by atoms with Crippen molar-refractivity contribution in [1.82, 2.24) is 15.4 Å². The lowest BCUT2D eigenvalue weighted by atomic mass is 10.0. The topological polar surface area (TPSA) is 140 Å². The first-order valence-corrected chi connectivity index (χ1v) is 10.1. The summed E-state index contributed by atoms with van der Waals surface area (Å²) < 4.78 is 0. The highest BCUT2D eigenvalue weighted by Crippen LogP contribution is 2.28. The van der Waals surface area contributed by atoms with Gasteiger partial charge < -0.3 is 10.1 Å². The Morgan fingerprint density at radius 2 is 1.75 bits per heavy atom. The Hall–Kier alpha value is -3.98. The van der Waals surface area contributed by atoms with Crippen LogP contribution in [0.5, 0.6) is 0 Å². The van der Waals surface area contributed by atoms with Crippen molar-refractivity contribution in [3.63, 3.8) is 0 Å². The summed E-state index contributed by atoms with van der Waals surface area (Å²) in [5.74, 6) is -2.94. The van der Waals surface area contributed by atoms with Crippen molar-refractivity contribution >= 4 is 34.6 Å². The summed E-state index contributed by atoms with van der Waals surface area (Å²) in [7, 11) is 0. The molecule has 32 heavy (non-hydrogen) atoms. The van der Waals surface area contributed by atoms with Crippen LogP contribution in [-0.4, -0.2) is 49.9 Å². The van der Waals surface area contributed by atoms with Gasteiger partial charge in [0.2, 0.25) is 5.91 Å². The van der Waals surface area contributed by atoms with Gasteiger partial charge in [-0.1, -0.05) is 18.2 Å². The van der Waals surface area contributed by atoms with Crippen LogP contribution in [0.3, 0.4) is 0 Å². The van der Waals surface area contributed by atoms with Crippen molar-refractivity contribution < 1.29 is 29.5 Å². The van der Waals surface area contributed by atoms with Gasteiger partial charge in [-0.15, -0.1) is 0 Å². The van der Waals surface area contributed by atoms with Gasteiger partial charge in [0.25, 0.3) is 11.8 Å². The fraction of sp³-hybridized carbons (Fsp3) is 0.217. The number of aliphatic carboxylic acids is 1. The summed E-state index contributed by atoms with van der Waals surface area (Å²) in [4.78, 5) is 52.7. The average Bonchev–Trinajstić information content (AvgIpc) is 3.30. The number of nitrogens with one attached hydrogen (secondary N) is 2. The number of fused-ring (bicyclic) bond motifs is 2. The maximum absolute atomic E-state index is 12.8. The lowest BCUT2D eigenvalue weighted by molar-refractivity contribution is -0.141. The smallest absolute Gasteiger partial charge is 0.327 e. The molecule has 2 aromatic carbocycles. The summed E-state index contributed by atoms with van der Waals surface area (Å²) in [5, 5.41) is 19.2. The number of H-pyrrole nitrogens is 1. The summed E-state index contributed by atoms with van der Waals surface area (Å²) in [5.41, 5.74) is 4.41. The molecule has 4 N–H and O–H groups in total. The molecule has 2 heterocycles. The molecule has 1 aromatic heterocycles. The molecule has 0 saturated carbocycles. The van der Waals surface area contributed by atoms with Gasteiger partial charge >= 0.3 is 5.97 Å². The highest BCUT2D eigenvalue weighted by atomic mass is 16.5. The first-order chi connectivity index (χ1) is 15.4. The second-order valence-corrected chi connectivity index (χ2v) is 7.67. The number of carboxylic acid groups (broad SMARTS) is 1. The van der Waals surface area contributed by atoms with Crippen molar-refractivity contribution in [2.24, 2.45) is 0 Å². The molecular formula is C23H21N3O6. The number of aromatic amines is 1. The predicted molar refractivity (Wildman–Crippen MR) is 113 cm³/mol. The summed E-state index contributed by atoms with van der Waals surface area (Å²) in [6, 6.07) is 10.6. The van der Waals surface area contributed by atoms with Crippen molar-refractivity contribution in [1.29, 1.82) is 0 Å². The van der Waals surface area contributed by atoms with Crippen LogP contribution >= 0.6 is 0 Å². The number of aryl methyl sites for hydroxylation is 1. The van der Waals surface area contributed by atoms with Crippen LogP contribution < -0.4 is 5.48 Å². The lowest BCUT2D eigenvalue weighted by Crippen LogP contribution is -2.46. The van der Waals surface area contributed by atoms with Crippen LogP contribution in [0.1, 0.15) is 44.7 Å². The molecule has 164 valence electrons. The number of rotatable bonds is 8. The van der Waals surface area contributed by atoms with Crippen molar-refractivity contribution in [2.75, 3.05) is 0 Å². The zero-order chi connectivity index (χ0) is 22.8. The number of hydroxylamine groups is 1. The second-order valence-electron chi connectivity index (χ2n) is 7.67. The third-order valence-electron chi connectivity index (χ3n) is 5.66. The standard InChI is InChI=1S/C23H21N3O6/c27-20(25-32)7-3-4-13-8-9-18-17(10-13)14(12-24-18)11-19(23(30)31)26-21(28)15-5-1-2-6-16(15)22(26)29/h1-2,5-6,8-10,12,19,24,32H,3-4,7,11H2,(H,25,27)(H,30,31). The van der Waals surface area contributed by atoms with E-state index in [4.69, 9.17) is 5.21 Å². The van der Waals surface area contributed by atoms with E-state index in [-0.39, 0.29) is 24.0 Å². The monoisotopic (exact) mass is 435 g/mol. The zero-order valence-electron chi connectivity index (χ0n) is 17.0. The number of hydrogen-bond acceptors (Lipinski definition) is 5. The number of carbonyl (C=O) groups excluding carboxylic acids is 3. The third-order valence-corrected chi connectivity index (χ3v) is 5.66. The van der Waals surface area contributed by atoms with Crippen molar-refractivity contribution in [3.8, 4) is 0 Å². The molecule has 0 fully saturated rings. The third kappa shape index (κ3) is 3.85. The fourth-order valence-electron chi connectivity index (χ4n) is 4.05. The summed E-state index contributed by atoms with van der Waals surface area (Å²) >= 11 is 0. The molecule has 1 unspecified atom stereocenters. The molecule has 0 bridgehead atoms. The Labute approximate surface area is 182 Å². The van der Waals surface area contributed by atoms with Crippen LogP contribution in [0, 0.1) is 0 Å². The number of aromatic nitrogens is 1. The highest BCUT2D eigenvalue weighted by molar-refractivity contribution is 6.22. The van der Waals surface area contributed by atoms with Gasteiger partial charge in [-0.2, -0.15) is 0 Å². The van der Waals surface area contributed by atoms with Crippen molar-refractivity contribution in [2.45, 2.75) is 31.7 Å². The number of carboxylic acids is 1. The molecule has 3 amide bonds. The quantitative estimate of drug-likeness (QED) is 0.243. The lowest BCUT2D eigenvalue weighted by Gasteiger charge is -2.22. The number of imide groups is 1. The molecule has 4 rings (SSSR count). The van der Waals surface area contributed by atoms with Gasteiger partial charge in [-0.25, -0.2) is 10.3 Å². The minimum absolute atomic E-state index is 0.0445. The SMILES string of the molecule is O=C(CCCc1ccc2[nH]cc(CC(C(=O)O)N3C(=O)c4ccccc4C3=O)c2c1)NO. The molecular weight excluding hydrogens is 414 g/mol. The van der Waals surface area contributed by atoms with E-state index in [9.17, 15) is 24.3 Å². The number of benzene rings is 2. The van der Waals surface area contributed by atoms with Gasteiger partial charge in [-0.05, 0) is 48.2 Å². The van der Waals surface area contributed by atoms with Crippen LogP contribution in [-0.2, 0) is 22.4 Å². The molecule has 1 atom stereocenters. The van der Waals surface area contributed by atoms with Crippen LogP contribution in [0.2, 0.25) is 0 Å². The highest BCUT2D eigenvalue weighted by Gasteiger charge is 2.42. The maximum atomic E-state index is 12.8. The minimum Gasteiger partial charge on any atom is -0.480 e. The largest absolute Gasteiger partial charge is 0.480 e. The first-order valence-electron chi connectivity index (χ1n) is 10.1. The molecule has 0 spiro atoms. The molecule has 9 nitrogen and oxygen atoms in total. The number of nitrogens with zero attached hydrogens (tertiary/aromatic N) is 1. The Bertz CT molecular complexity index is 1200. The molecule has 0 aliphatic carbocycles. The Balaban J connectivity index is 1.59. The normalized spacial score (nSPS) is 14.0. The first kappa shape index (κ1) is 21.3. The number of hydrogen-bond donors (Lipinski definition) is 4. The number of carbonyl (C=O) groups is 4. The van der Waals surface area contributed by atoms with E-state index in [0.29, 0.717) is 18.4 Å². The van der Waals surface area contributed by atoms with Gasteiger partial charge in [0.15, 0.2) is 0 Å². The van der Waals surface area contributed by atoms with E-state index >= 15 is 0 Å². The van der Waals surface area contributed by atoms with Crippen molar-refractivity contribution in [3.05, 3.63) is 70.9 Å².